The van der Waals surface area contributed by atoms with E-state index in [1.165, 1.54) is 12.1 Å². The van der Waals surface area contributed by atoms with Gasteiger partial charge in [-0.25, -0.2) is 0 Å². The molecule has 2 aromatic rings. The van der Waals surface area contributed by atoms with Gasteiger partial charge in [0.25, 0.3) is 5.91 Å². The number of amides is 1. The van der Waals surface area contributed by atoms with E-state index < -0.39 is 23.6 Å². The number of allylic oxidation sites excluding steroid dienone is 3. The Morgan fingerprint density at radius 2 is 1.88 bits per heavy atom. The quantitative estimate of drug-likeness (QED) is 0.532. The van der Waals surface area contributed by atoms with Crippen molar-refractivity contribution in [3.05, 3.63) is 86.7 Å². The Morgan fingerprint density at radius 1 is 1.12 bits per heavy atom. The van der Waals surface area contributed by atoms with Crippen LogP contribution in [0, 0.1) is 0 Å². The van der Waals surface area contributed by atoms with E-state index in [9.17, 15) is 22.8 Å². The second-order valence-corrected chi connectivity index (χ2v) is 8.77. The van der Waals surface area contributed by atoms with Crippen LogP contribution in [0.15, 0.2) is 75.5 Å². The molecule has 166 valence electrons. The number of halogens is 4. The Morgan fingerprint density at radius 3 is 2.59 bits per heavy atom. The fourth-order valence-corrected chi connectivity index (χ4v) is 4.69. The molecule has 0 fully saturated rings. The molecule has 0 unspecified atom stereocenters. The van der Waals surface area contributed by atoms with Crippen molar-refractivity contribution < 1.29 is 22.8 Å². The summed E-state index contributed by atoms with van der Waals surface area (Å²) in [6.45, 7) is 1.74. The first-order valence-electron chi connectivity index (χ1n) is 10.1. The fraction of sp³-hybridized carbons (Fsp3) is 0.250. The van der Waals surface area contributed by atoms with Gasteiger partial charge in [-0.15, -0.1) is 0 Å². The molecular formula is C24H20BrF3N2O2. The Bertz CT molecular complexity index is 1170. The van der Waals surface area contributed by atoms with Gasteiger partial charge in [0.2, 0.25) is 0 Å². The topological polar surface area (TPSA) is 58.2 Å². The number of benzene rings is 2. The van der Waals surface area contributed by atoms with Crippen molar-refractivity contribution in [3.8, 4) is 0 Å². The summed E-state index contributed by atoms with van der Waals surface area (Å²) in [4.78, 5) is 26.2. The van der Waals surface area contributed by atoms with Gasteiger partial charge in [-0.05, 0) is 55.7 Å². The lowest BCUT2D eigenvalue weighted by molar-refractivity contribution is -0.137. The standard InChI is InChI=1S/C24H20BrF3N2O2/c1-13-20(23(32)30-17-8-3-6-15(12-17)24(26,27)28)21(14-5-2-7-16(25)11-14)22-18(29-13)9-4-10-19(22)31/h2-3,5-8,11-12,21,29H,4,9-10H2,1H3,(H,30,32)/t21-/m1/s1. The second kappa shape index (κ2) is 8.58. The molecule has 0 bridgehead atoms. The van der Waals surface area contributed by atoms with Gasteiger partial charge in [0.1, 0.15) is 0 Å². The van der Waals surface area contributed by atoms with E-state index in [0.717, 1.165) is 34.3 Å². The monoisotopic (exact) mass is 504 g/mol. The summed E-state index contributed by atoms with van der Waals surface area (Å²) in [5.74, 6) is -1.19. The lowest BCUT2D eigenvalue weighted by Gasteiger charge is -2.34. The number of alkyl halides is 3. The average Bonchev–Trinajstić information content (AvgIpc) is 2.72. The largest absolute Gasteiger partial charge is 0.416 e. The first-order chi connectivity index (χ1) is 15.1. The predicted octanol–water partition coefficient (Wildman–Crippen LogP) is 6.07. The van der Waals surface area contributed by atoms with Crippen molar-refractivity contribution in [1.29, 1.82) is 0 Å². The number of ketones is 1. The number of carbonyl (C=O) groups excluding carboxylic acids is 2. The number of Topliss-reactive ketones (excluding diaryl/α,β-unsaturated/α-hetero) is 1. The average molecular weight is 505 g/mol. The lowest BCUT2D eigenvalue weighted by atomic mass is 9.75. The molecule has 2 aliphatic rings. The number of anilines is 1. The van der Waals surface area contributed by atoms with Gasteiger partial charge in [-0.3, -0.25) is 9.59 Å². The SMILES string of the molecule is CC1=C(C(=O)Nc2cccc(C(F)(F)F)c2)[C@@H](c2cccc(Br)c2)C2=C(CCCC2=O)N1. The number of carbonyl (C=O) groups is 2. The fourth-order valence-electron chi connectivity index (χ4n) is 4.28. The van der Waals surface area contributed by atoms with Gasteiger partial charge < -0.3 is 10.6 Å². The number of rotatable bonds is 3. The third-order valence-corrected chi connectivity index (χ3v) is 6.14. The highest BCUT2D eigenvalue weighted by molar-refractivity contribution is 9.10. The molecule has 1 aliphatic heterocycles. The minimum atomic E-state index is -4.52. The Hall–Kier alpha value is -2.87. The number of nitrogens with one attached hydrogen (secondary N) is 2. The summed E-state index contributed by atoms with van der Waals surface area (Å²) >= 11 is 3.44. The van der Waals surface area contributed by atoms with Crippen LogP contribution in [-0.4, -0.2) is 11.7 Å². The predicted molar refractivity (Wildman–Crippen MR) is 119 cm³/mol. The number of hydrogen-bond acceptors (Lipinski definition) is 3. The van der Waals surface area contributed by atoms with Crippen molar-refractivity contribution in [3.63, 3.8) is 0 Å². The molecule has 0 saturated carbocycles. The number of dihydropyridines is 1. The van der Waals surface area contributed by atoms with Crippen molar-refractivity contribution in [1.82, 2.24) is 5.32 Å². The van der Waals surface area contributed by atoms with Crippen molar-refractivity contribution in [2.75, 3.05) is 5.32 Å². The summed E-state index contributed by atoms with van der Waals surface area (Å²) < 4.78 is 40.1. The molecule has 4 rings (SSSR count). The van der Waals surface area contributed by atoms with Crippen molar-refractivity contribution >= 4 is 33.3 Å². The third kappa shape index (κ3) is 4.37. The van der Waals surface area contributed by atoms with E-state index >= 15 is 0 Å². The van der Waals surface area contributed by atoms with E-state index in [0.29, 0.717) is 29.7 Å². The number of hydrogen-bond donors (Lipinski definition) is 2. The summed E-state index contributed by atoms with van der Waals surface area (Å²) in [6, 6.07) is 11.9. The molecule has 32 heavy (non-hydrogen) atoms. The van der Waals surface area contributed by atoms with Crippen LogP contribution in [0.25, 0.3) is 0 Å². The van der Waals surface area contributed by atoms with Crippen LogP contribution in [0.1, 0.15) is 43.2 Å². The highest BCUT2D eigenvalue weighted by atomic mass is 79.9. The summed E-state index contributed by atoms with van der Waals surface area (Å²) in [6.07, 6.45) is -2.69. The Balaban J connectivity index is 1.76. The van der Waals surface area contributed by atoms with Crippen LogP contribution < -0.4 is 10.6 Å². The summed E-state index contributed by atoms with van der Waals surface area (Å²) in [5.41, 5.74) is 2.19. The minimum Gasteiger partial charge on any atom is -0.362 e. The first kappa shape index (κ1) is 22.3. The molecule has 1 heterocycles. The molecule has 1 aliphatic carbocycles. The summed E-state index contributed by atoms with van der Waals surface area (Å²) in [7, 11) is 0. The summed E-state index contributed by atoms with van der Waals surface area (Å²) in [5, 5.41) is 5.80. The lowest BCUT2D eigenvalue weighted by Crippen LogP contribution is -2.35. The van der Waals surface area contributed by atoms with Gasteiger partial charge in [0.05, 0.1) is 5.56 Å². The molecule has 0 saturated heterocycles. The van der Waals surface area contributed by atoms with E-state index in [2.05, 4.69) is 26.6 Å². The van der Waals surface area contributed by atoms with Crippen LogP contribution >= 0.6 is 15.9 Å². The third-order valence-electron chi connectivity index (χ3n) is 5.65. The highest BCUT2D eigenvalue weighted by Gasteiger charge is 2.38. The van der Waals surface area contributed by atoms with E-state index in [4.69, 9.17) is 0 Å². The normalized spacial score (nSPS) is 18.9. The second-order valence-electron chi connectivity index (χ2n) is 7.85. The van der Waals surface area contributed by atoms with Crippen LogP contribution in [0.3, 0.4) is 0 Å². The molecule has 0 spiro atoms. The van der Waals surface area contributed by atoms with Crippen molar-refractivity contribution in [2.24, 2.45) is 0 Å². The van der Waals surface area contributed by atoms with Crippen LogP contribution in [0.5, 0.6) is 0 Å². The van der Waals surface area contributed by atoms with Gasteiger partial charge >= 0.3 is 6.18 Å². The molecule has 1 amide bonds. The maximum Gasteiger partial charge on any atom is 0.416 e. The molecule has 0 radical (unpaired) electrons. The van der Waals surface area contributed by atoms with Gasteiger partial charge in [0, 0.05) is 45.0 Å². The minimum absolute atomic E-state index is 0.0272. The van der Waals surface area contributed by atoms with Gasteiger partial charge in [-0.1, -0.05) is 34.1 Å². The van der Waals surface area contributed by atoms with Crippen LogP contribution in [0.4, 0.5) is 18.9 Å². The zero-order chi connectivity index (χ0) is 23.0. The van der Waals surface area contributed by atoms with Crippen LogP contribution in [-0.2, 0) is 15.8 Å². The molecule has 0 aromatic heterocycles. The zero-order valence-electron chi connectivity index (χ0n) is 17.1. The first-order valence-corrected chi connectivity index (χ1v) is 10.9. The van der Waals surface area contributed by atoms with E-state index in [-0.39, 0.29) is 11.5 Å². The maximum absolute atomic E-state index is 13.4. The zero-order valence-corrected chi connectivity index (χ0v) is 18.7. The Kier molecular flexibility index (Phi) is 5.99. The molecule has 1 atom stereocenters. The highest BCUT2D eigenvalue weighted by Crippen LogP contribution is 2.43. The molecule has 2 aromatic carbocycles. The molecule has 8 heteroatoms. The Labute approximate surface area is 191 Å². The van der Waals surface area contributed by atoms with Crippen LogP contribution in [0.2, 0.25) is 0 Å². The van der Waals surface area contributed by atoms with Gasteiger partial charge in [-0.2, -0.15) is 13.2 Å². The molecular weight excluding hydrogens is 485 g/mol. The van der Waals surface area contributed by atoms with Crippen molar-refractivity contribution in [2.45, 2.75) is 38.3 Å². The van der Waals surface area contributed by atoms with Gasteiger partial charge in [0.15, 0.2) is 5.78 Å². The van der Waals surface area contributed by atoms with E-state index in [1.807, 2.05) is 24.3 Å². The molecule has 2 N–H and O–H groups in total. The smallest absolute Gasteiger partial charge is 0.362 e. The molecule has 4 nitrogen and oxygen atoms in total. The van der Waals surface area contributed by atoms with E-state index in [1.54, 1.807) is 6.92 Å². The maximum atomic E-state index is 13.4.